The molecule has 106 valence electrons. The summed E-state index contributed by atoms with van der Waals surface area (Å²) in [7, 11) is -0.00453. The molecular weight excluding hydrogens is 268 g/mol. The molecule has 0 N–H and O–H groups in total. The van der Waals surface area contributed by atoms with Crippen LogP contribution in [0.3, 0.4) is 0 Å². The molecule has 0 aliphatic carbocycles. The van der Waals surface area contributed by atoms with E-state index in [2.05, 4.69) is 9.97 Å². The molecule has 1 aliphatic rings. The first-order chi connectivity index (χ1) is 8.91. The molecule has 1 aromatic rings. The summed E-state index contributed by atoms with van der Waals surface area (Å²) in [6, 6.07) is 1.64. The van der Waals surface area contributed by atoms with E-state index in [0.29, 0.717) is 18.4 Å². The van der Waals surface area contributed by atoms with Crippen LogP contribution in [-0.4, -0.2) is 62.2 Å². The summed E-state index contributed by atoms with van der Waals surface area (Å²) in [6.07, 6.45) is 3.62. The van der Waals surface area contributed by atoms with Crippen LogP contribution in [0.5, 0.6) is 5.88 Å². The van der Waals surface area contributed by atoms with Crippen molar-refractivity contribution in [1.29, 1.82) is 0 Å². The van der Waals surface area contributed by atoms with Gasteiger partial charge in [-0.2, -0.15) is 4.98 Å². The van der Waals surface area contributed by atoms with Crippen LogP contribution in [0.4, 0.5) is 5.95 Å². The highest BCUT2D eigenvalue weighted by Gasteiger charge is 2.31. The van der Waals surface area contributed by atoms with Gasteiger partial charge in [0, 0.05) is 38.4 Å². The SMILES string of the molecule is COc1ccnc(N2CCC(N(C)S(C)(=O)=O)C2)n1. The summed E-state index contributed by atoms with van der Waals surface area (Å²) in [6.45, 7) is 1.33. The van der Waals surface area contributed by atoms with E-state index in [0.717, 1.165) is 13.0 Å². The lowest BCUT2D eigenvalue weighted by molar-refractivity contribution is 0.391. The van der Waals surface area contributed by atoms with Gasteiger partial charge in [-0.3, -0.25) is 0 Å². The van der Waals surface area contributed by atoms with Gasteiger partial charge in [0.05, 0.1) is 13.4 Å². The zero-order chi connectivity index (χ0) is 14.0. The number of hydrogen-bond donors (Lipinski definition) is 0. The van der Waals surface area contributed by atoms with Crippen molar-refractivity contribution in [3.63, 3.8) is 0 Å². The van der Waals surface area contributed by atoms with Gasteiger partial charge in [0.1, 0.15) is 0 Å². The van der Waals surface area contributed by atoms with Gasteiger partial charge in [-0.15, -0.1) is 0 Å². The van der Waals surface area contributed by atoms with Gasteiger partial charge in [0.2, 0.25) is 21.9 Å². The minimum absolute atomic E-state index is 0.0372. The van der Waals surface area contributed by atoms with Crippen molar-refractivity contribution >= 4 is 16.0 Å². The molecule has 1 fully saturated rings. The van der Waals surface area contributed by atoms with Gasteiger partial charge in [0.15, 0.2) is 0 Å². The predicted octanol–water partition coefficient (Wildman–Crippen LogP) is -0.0447. The van der Waals surface area contributed by atoms with Crippen LogP contribution in [0, 0.1) is 0 Å². The van der Waals surface area contributed by atoms with E-state index in [1.165, 1.54) is 10.6 Å². The monoisotopic (exact) mass is 286 g/mol. The van der Waals surface area contributed by atoms with Crippen molar-refractivity contribution < 1.29 is 13.2 Å². The maximum atomic E-state index is 11.5. The Hall–Kier alpha value is -1.41. The third kappa shape index (κ3) is 3.13. The Kier molecular flexibility index (Phi) is 3.91. The van der Waals surface area contributed by atoms with Crippen LogP contribution in [-0.2, 0) is 10.0 Å². The van der Waals surface area contributed by atoms with E-state index < -0.39 is 10.0 Å². The summed E-state index contributed by atoms with van der Waals surface area (Å²) < 4.78 is 29.5. The molecule has 0 radical (unpaired) electrons. The van der Waals surface area contributed by atoms with Gasteiger partial charge in [-0.25, -0.2) is 17.7 Å². The number of anilines is 1. The van der Waals surface area contributed by atoms with Crippen molar-refractivity contribution in [2.24, 2.45) is 0 Å². The fourth-order valence-corrected chi connectivity index (χ4v) is 2.80. The lowest BCUT2D eigenvalue weighted by Gasteiger charge is -2.22. The van der Waals surface area contributed by atoms with Gasteiger partial charge in [0.25, 0.3) is 0 Å². The highest BCUT2D eigenvalue weighted by atomic mass is 32.2. The highest BCUT2D eigenvalue weighted by Crippen LogP contribution is 2.21. The highest BCUT2D eigenvalue weighted by molar-refractivity contribution is 7.88. The van der Waals surface area contributed by atoms with Crippen molar-refractivity contribution in [3.8, 4) is 5.88 Å². The molecule has 2 heterocycles. The minimum atomic E-state index is -3.16. The summed E-state index contributed by atoms with van der Waals surface area (Å²) in [5, 5.41) is 0. The van der Waals surface area contributed by atoms with Gasteiger partial charge in [-0.05, 0) is 6.42 Å². The number of nitrogens with zero attached hydrogens (tertiary/aromatic N) is 4. The van der Waals surface area contributed by atoms with E-state index in [9.17, 15) is 8.42 Å². The molecule has 1 atom stereocenters. The van der Waals surface area contributed by atoms with Crippen LogP contribution in [0.25, 0.3) is 0 Å². The van der Waals surface area contributed by atoms with Crippen molar-refractivity contribution in [1.82, 2.24) is 14.3 Å². The first-order valence-corrected chi connectivity index (χ1v) is 7.81. The second kappa shape index (κ2) is 5.30. The standard InChI is InChI=1S/C11H18N4O3S/c1-14(19(3,16)17)9-5-7-15(8-9)11-12-6-4-10(13-11)18-2/h4,6,9H,5,7-8H2,1-3H3. The molecular formula is C11H18N4O3S. The third-order valence-corrected chi connectivity index (χ3v) is 4.65. The average molecular weight is 286 g/mol. The van der Waals surface area contributed by atoms with E-state index >= 15 is 0 Å². The van der Waals surface area contributed by atoms with Crippen LogP contribution < -0.4 is 9.64 Å². The molecule has 1 saturated heterocycles. The van der Waals surface area contributed by atoms with Crippen molar-refractivity contribution in [2.45, 2.75) is 12.5 Å². The quantitative estimate of drug-likeness (QED) is 0.773. The number of methoxy groups -OCH3 is 1. The molecule has 0 saturated carbocycles. The molecule has 1 unspecified atom stereocenters. The first-order valence-electron chi connectivity index (χ1n) is 5.97. The second-order valence-electron chi connectivity index (χ2n) is 4.57. The Morgan fingerprint density at radius 3 is 2.89 bits per heavy atom. The maximum absolute atomic E-state index is 11.5. The number of rotatable bonds is 4. The van der Waals surface area contributed by atoms with E-state index in [-0.39, 0.29) is 6.04 Å². The van der Waals surface area contributed by atoms with Crippen molar-refractivity contribution in [3.05, 3.63) is 12.3 Å². The Labute approximate surface area is 113 Å². The van der Waals surface area contributed by atoms with Gasteiger partial charge in [-0.1, -0.05) is 0 Å². The number of aromatic nitrogens is 2. The molecule has 0 aromatic carbocycles. The van der Waals surface area contributed by atoms with Crippen LogP contribution >= 0.6 is 0 Å². The molecule has 1 aliphatic heterocycles. The fourth-order valence-electron chi connectivity index (χ4n) is 2.09. The number of ether oxygens (including phenoxy) is 1. The molecule has 0 bridgehead atoms. The Balaban J connectivity index is 2.09. The van der Waals surface area contributed by atoms with Gasteiger partial charge >= 0.3 is 0 Å². The molecule has 7 nitrogen and oxygen atoms in total. The third-order valence-electron chi connectivity index (χ3n) is 3.31. The second-order valence-corrected chi connectivity index (χ2v) is 6.61. The van der Waals surface area contributed by atoms with Crippen LogP contribution in [0.15, 0.2) is 12.3 Å². The summed E-state index contributed by atoms with van der Waals surface area (Å²) in [5.74, 6) is 1.08. The zero-order valence-electron chi connectivity index (χ0n) is 11.3. The molecule has 8 heteroatoms. The smallest absolute Gasteiger partial charge is 0.228 e. The van der Waals surface area contributed by atoms with E-state index in [4.69, 9.17) is 4.74 Å². The fraction of sp³-hybridized carbons (Fsp3) is 0.636. The molecule has 19 heavy (non-hydrogen) atoms. The lowest BCUT2D eigenvalue weighted by atomic mass is 10.3. The first kappa shape index (κ1) is 14.0. The Bertz CT molecular complexity index is 549. The normalized spacial score (nSPS) is 20.0. The van der Waals surface area contributed by atoms with E-state index in [1.54, 1.807) is 26.4 Å². The zero-order valence-corrected chi connectivity index (χ0v) is 12.1. The summed E-state index contributed by atoms with van der Waals surface area (Å²) in [5.41, 5.74) is 0. The summed E-state index contributed by atoms with van der Waals surface area (Å²) >= 11 is 0. The number of likely N-dealkylation sites (N-methyl/N-ethyl adjacent to an activating group) is 1. The van der Waals surface area contributed by atoms with Crippen LogP contribution in [0.2, 0.25) is 0 Å². The largest absolute Gasteiger partial charge is 0.481 e. The topological polar surface area (TPSA) is 75.6 Å². The van der Waals surface area contributed by atoms with E-state index in [1.807, 2.05) is 4.90 Å². The predicted molar refractivity (Wildman–Crippen MR) is 71.8 cm³/mol. The molecule has 1 aromatic heterocycles. The maximum Gasteiger partial charge on any atom is 0.228 e. The Morgan fingerprint density at radius 1 is 1.53 bits per heavy atom. The Morgan fingerprint density at radius 2 is 2.26 bits per heavy atom. The summed E-state index contributed by atoms with van der Waals surface area (Å²) in [4.78, 5) is 10.4. The average Bonchev–Trinajstić information content (AvgIpc) is 2.86. The van der Waals surface area contributed by atoms with Crippen LogP contribution in [0.1, 0.15) is 6.42 Å². The van der Waals surface area contributed by atoms with Gasteiger partial charge < -0.3 is 9.64 Å². The molecule has 0 spiro atoms. The number of sulfonamides is 1. The lowest BCUT2D eigenvalue weighted by Crippen LogP contribution is -2.38. The number of hydrogen-bond acceptors (Lipinski definition) is 6. The van der Waals surface area contributed by atoms with Crippen molar-refractivity contribution in [2.75, 3.05) is 38.4 Å². The molecule has 0 amide bonds. The minimum Gasteiger partial charge on any atom is -0.481 e. The molecule has 2 rings (SSSR count).